The van der Waals surface area contributed by atoms with Crippen molar-refractivity contribution < 1.29 is 0 Å². The van der Waals surface area contributed by atoms with Gasteiger partial charge in [0.15, 0.2) is 0 Å². The maximum Gasteiger partial charge on any atom is 0.139 e. The summed E-state index contributed by atoms with van der Waals surface area (Å²) in [5.74, 6) is 0.550. The van der Waals surface area contributed by atoms with Crippen molar-refractivity contribution in [3.63, 3.8) is 0 Å². The van der Waals surface area contributed by atoms with E-state index in [9.17, 15) is 0 Å². The number of hydrogen-bond donors (Lipinski definition) is 1. The number of aromatic nitrogens is 3. The lowest BCUT2D eigenvalue weighted by Crippen LogP contribution is -2.25. The third-order valence-corrected chi connectivity index (χ3v) is 5.65. The third-order valence-electron chi connectivity index (χ3n) is 5.65. The SMILES string of the molecule is CCc1cc(C2(c3cccc(-c4cncnc4)c3)N=C(N)c3ccccc32)ccn1. The number of fused-ring (bicyclic) bond motifs is 1. The highest BCUT2D eigenvalue weighted by Gasteiger charge is 2.43. The van der Waals surface area contributed by atoms with Gasteiger partial charge in [-0.1, -0.05) is 49.4 Å². The molecule has 5 rings (SSSR count). The minimum atomic E-state index is -0.723. The van der Waals surface area contributed by atoms with Gasteiger partial charge in [0.2, 0.25) is 0 Å². The molecule has 0 saturated heterocycles. The summed E-state index contributed by atoms with van der Waals surface area (Å²) in [5, 5.41) is 0. The van der Waals surface area contributed by atoms with Gasteiger partial charge in [-0.3, -0.25) is 4.98 Å². The summed E-state index contributed by atoms with van der Waals surface area (Å²) in [7, 11) is 0. The number of amidine groups is 1. The Morgan fingerprint density at radius 2 is 1.67 bits per heavy atom. The summed E-state index contributed by atoms with van der Waals surface area (Å²) in [6, 6.07) is 20.7. The van der Waals surface area contributed by atoms with Crippen LogP contribution in [0.1, 0.15) is 34.9 Å². The number of nitrogens with two attached hydrogens (primary N) is 1. The molecular formula is C25H21N5. The molecule has 0 aliphatic carbocycles. The van der Waals surface area contributed by atoms with Gasteiger partial charge < -0.3 is 5.73 Å². The molecule has 0 spiro atoms. The van der Waals surface area contributed by atoms with Gasteiger partial charge in [-0.2, -0.15) is 0 Å². The minimum Gasteiger partial charge on any atom is -0.383 e. The lowest BCUT2D eigenvalue weighted by Gasteiger charge is -2.29. The zero-order chi connectivity index (χ0) is 20.6. The Morgan fingerprint density at radius 3 is 2.50 bits per heavy atom. The Morgan fingerprint density at radius 1 is 0.867 bits per heavy atom. The van der Waals surface area contributed by atoms with Crippen molar-refractivity contribution in [2.24, 2.45) is 10.7 Å². The van der Waals surface area contributed by atoms with Crippen LogP contribution in [0.3, 0.4) is 0 Å². The minimum absolute atomic E-state index is 0.550. The smallest absolute Gasteiger partial charge is 0.139 e. The van der Waals surface area contributed by atoms with Crippen LogP contribution in [0.25, 0.3) is 11.1 Å². The highest BCUT2D eigenvalue weighted by molar-refractivity contribution is 6.03. The van der Waals surface area contributed by atoms with Crippen molar-refractivity contribution in [2.75, 3.05) is 0 Å². The first-order chi connectivity index (χ1) is 14.7. The molecular weight excluding hydrogens is 370 g/mol. The maximum absolute atomic E-state index is 6.43. The van der Waals surface area contributed by atoms with E-state index >= 15 is 0 Å². The molecule has 2 N–H and O–H groups in total. The molecule has 4 aromatic rings. The van der Waals surface area contributed by atoms with Crippen LogP contribution in [0.15, 0.2) is 90.6 Å². The summed E-state index contributed by atoms with van der Waals surface area (Å²) in [5.41, 5.74) is 12.9. The highest BCUT2D eigenvalue weighted by Crippen LogP contribution is 2.46. The first-order valence-corrected chi connectivity index (χ1v) is 9.99. The first-order valence-electron chi connectivity index (χ1n) is 9.99. The topological polar surface area (TPSA) is 77.0 Å². The fourth-order valence-electron chi connectivity index (χ4n) is 4.20. The van der Waals surface area contributed by atoms with Gasteiger partial charge in [-0.05, 0) is 46.9 Å². The number of aliphatic imine (C=N–C) groups is 1. The van der Waals surface area contributed by atoms with Gasteiger partial charge in [0.1, 0.15) is 17.7 Å². The lowest BCUT2D eigenvalue weighted by atomic mass is 9.77. The monoisotopic (exact) mass is 391 g/mol. The molecule has 1 atom stereocenters. The molecule has 0 amide bonds. The van der Waals surface area contributed by atoms with Crippen LogP contribution in [0, 0.1) is 0 Å². The van der Waals surface area contributed by atoms with Crippen LogP contribution in [0.4, 0.5) is 0 Å². The maximum atomic E-state index is 6.43. The summed E-state index contributed by atoms with van der Waals surface area (Å²) >= 11 is 0. The molecule has 1 unspecified atom stereocenters. The van der Waals surface area contributed by atoms with E-state index < -0.39 is 5.54 Å². The lowest BCUT2D eigenvalue weighted by molar-refractivity contribution is 0.668. The van der Waals surface area contributed by atoms with E-state index in [1.165, 1.54) is 6.33 Å². The molecule has 0 radical (unpaired) electrons. The fourth-order valence-corrected chi connectivity index (χ4v) is 4.20. The van der Waals surface area contributed by atoms with E-state index in [1.807, 2.05) is 48.9 Å². The van der Waals surface area contributed by atoms with Gasteiger partial charge >= 0.3 is 0 Å². The largest absolute Gasteiger partial charge is 0.383 e. The average molecular weight is 391 g/mol. The summed E-state index contributed by atoms with van der Waals surface area (Å²) in [6.45, 7) is 2.11. The summed E-state index contributed by atoms with van der Waals surface area (Å²) in [4.78, 5) is 17.9. The zero-order valence-electron chi connectivity index (χ0n) is 16.7. The van der Waals surface area contributed by atoms with Crippen LogP contribution in [-0.2, 0) is 12.0 Å². The van der Waals surface area contributed by atoms with Crippen LogP contribution in [0.2, 0.25) is 0 Å². The quantitative estimate of drug-likeness (QED) is 0.568. The van der Waals surface area contributed by atoms with Gasteiger partial charge in [-0.15, -0.1) is 0 Å². The van der Waals surface area contributed by atoms with E-state index in [4.69, 9.17) is 10.7 Å². The number of aryl methyl sites for hydroxylation is 1. The Hall–Kier alpha value is -3.86. The second-order valence-electron chi connectivity index (χ2n) is 7.35. The molecule has 2 aromatic carbocycles. The fraction of sp³-hybridized carbons (Fsp3) is 0.120. The highest BCUT2D eigenvalue weighted by atomic mass is 15.0. The predicted octanol–water partition coefficient (Wildman–Crippen LogP) is 4.11. The average Bonchev–Trinajstić information content (AvgIpc) is 3.13. The van der Waals surface area contributed by atoms with Gasteiger partial charge in [-0.25, -0.2) is 15.0 Å². The second kappa shape index (κ2) is 7.19. The molecule has 1 aliphatic rings. The Bertz CT molecular complexity index is 1250. The molecule has 1 aliphatic heterocycles. The van der Waals surface area contributed by atoms with E-state index in [1.54, 1.807) is 0 Å². The number of nitrogens with zero attached hydrogens (tertiary/aromatic N) is 4. The molecule has 30 heavy (non-hydrogen) atoms. The van der Waals surface area contributed by atoms with E-state index in [0.717, 1.165) is 45.5 Å². The molecule has 5 nitrogen and oxygen atoms in total. The number of pyridine rings is 1. The Balaban J connectivity index is 1.80. The van der Waals surface area contributed by atoms with Crippen LogP contribution in [0.5, 0.6) is 0 Å². The molecule has 0 saturated carbocycles. The van der Waals surface area contributed by atoms with Crippen molar-refractivity contribution in [1.82, 2.24) is 15.0 Å². The number of rotatable bonds is 4. The van der Waals surface area contributed by atoms with Gasteiger partial charge in [0.05, 0.1) is 0 Å². The van der Waals surface area contributed by atoms with Gasteiger partial charge in [0.25, 0.3) is 0 Å². The third kappa shape index (κ3) is 2.78. The zero-order valence-corrected chi connectivity index (χ0v) is 16.7. The van der Waals surface area contributed by atoms with E-state index in [2.05, 4.69) is 52.2 Å². The van der Waals surface area contributed by atoms with Crippen molar-refractivity contribution in [3.05, 3.63) is 114 Å². The van der Waals surface area contributed by atoms with Gasteiger partial charge in [0, 0.05) is 35.4 Å². The molecule has 0 bridgehead atoms. The van der Waals surface area contributed by atoms with Crippen LogP contribution < -0.4 is 5.73 Å². The molecule has 0 fully saturated rings. The second-order valence-corrected chi connectivity index (χ2v) is 7.35. The van der Waals surface area contributed by atoms with Crippen molar-refractivity contribution in [3.8, 4) is 11.1 Å². The molecule has 2 aromatic heterocycles. The normalized spacial score (nSPS) is 17.4. The summed E-state index contributed by atoms with van der Waals surface area (Å²) < 4.78 is 0. The van der Waals surface area contributed by atoms with Crippen molar-refractivity contribution in [2.45, 2.75) is 18.9 Å². The number of benzene rings is 2. The van der Waals surface area contributed by atoms with Crippen LogP contribution >= 0.6 is 0 Å². The van der Waals surface area contributed by atoms with Crippen molar-refractivity contribution >= 4 is 5.84 Å². The van der Waals surface area contributed by atoms with E-state index in [-0.39, 0.29) is 0 Å². The Labute approximate surface area is 175 Å². The molecule has 3 heterocycles. The molecule has 146 valence electrons. The molecule has 5 heteroatoms. The van der Waals surface area contributed by atoms with E-state index in [0.29, 0.717) is 5.84 Å². The Kier molecular flexibility index (Phi) is 4.36. The summed E-state index contributed by atoms with van der Waals surface area (Å²) in [6.07, 6.45) is 7.89. The first kappa shape index (κ1) is 18.2. The standard InChI is InChI=1S/C25H21N5/c1-2-21-13-20(10-11-29-21)25(23-9-4-3-8-22(23)24(26)30-25)19-7-5-6-17(12-19)18-14-27-16-28-15-18/h3-16H,2H2,1H3,(H2,26,30). The predicted molar refractivity (Wildman–Crippen MR) is 118 cm³/mol. The van der Waals surface area contributed by atoms with Crippen molar-refractivity contribution in [1.29, 1.82) is 0 Å². The van der Waals surface area contributed by atoms with Crippen LogP contribution in [-0.4, -0.2) is 20.8 Å². The number of hydrogen-bond acceptors (Lipinski definition) is 5.